The second kappa shape index (κ2) is 6.00. The largest absolute Gasteiger partial charge is 0.265 e. The Hall–Kier alpha value is -3.11. The van der Waals surface area contributed by atoms with Gasteiger partial charge in [0.05, 0.1) is 11.0 Å². The maximum atomic E-state index is 4.75. The minimum atomic E-state index is 1.02. The lowest BCUT2D eigenvalue weighted by molar-refractivity contribution is 1.32. The molecule has 26 heavy (non-hydrogen) atoms. The molecule has 0 bridgehead atoms. The molecule has 5 aromatic rings. The van der Waals surface area contributed by atoms with Crippen LogP contribution in [-0.2, 0) is 0 Å². The van der Waals surface area contributed by atoms with Gasteiger partial charge in [-0.3, -0.25) is 9.97 Å². The first-order chi connectivity index (χ1) is 12.8. The molecule has 3 nitrogen and oxygen atoms in total. The first kappa shape index (κ1) is 15.2. The lowest BCUT2D eigenvalue weighted by atomic mass is 9.94. The van der Waals surface area contributed by atoms with Gasteiger partial charge in [-0.25, -0.2) is 0 Å². The number of pyridine rings is 2. The second-order valence-corrected chi connectivity index (χ2v) is 7.03. The van der Waals surface area contributed by atoms with E-state index in [0.717, 1.165) is 33.1 Å². The van der Waals surface area contributed by atoms with E-state index < -0.39 is 0 Å². The highest BCUT2D eigenvalue weighted by Gasteiger charge is 2.13. The van der Waals surface area contributed by atoms with Crippen LogP contribution in [0.3, 0.4) is 0 Å². The van der Waals surface area contributed by atoms with Gasteiger partial charge in [0.2, 0.25) is 0 Å². The number of benzene rings is 2. The first-order valence-electron chi connectivity index (χ1n) is 8.44. The molecule has 2 aromatic carbocycles. The van der Waals surface area contributed by atoms with Crippen molar-refractivity contribution in [1.29, 1.82) is 0 Å². The average molecular weight is 353 g/mol. The molecule has 3 heterocycles. The summed E-state index contributed by atoms with van der Waals surface area (Å²) in [4.78, 5) is 8.90. The molecule has 0 aliphatic heterocycles. The maximum Gasteiger partial charge on any atom is 0.0846 e. The monoisotopic (exact) mass is 353 g/mol. The molecular formula is C22H15N3S. The minimum Gasteiger partial charge on any atom is -0.265 e. The van der Waals surface area contributed by atoms with Gasteiger partial charge in [0.15, 0.2) is 0 Å². The van der Waals surface area contributed by atoms with Crippen LogP contribution in [-0.4, -0.2) is 14.3 Å². The van der Waals surface area contributed by atoms with Crippen LogP contribution in [0.2, 0.25) is 0 Å². The van der Waals surface area contributed by atoms with E-state index in [9.17, 15) is 0 Å². The standard InChI is InChI=1S/C22H15N3S/c1-14-9-17-10-16(15-5-7-23-8-6-15)11-19(22(17)24-12-14)18-3-2-4-21-20(18)13-26-25-21/h2-13H,1H3. The van der Waals surface area contributed by atoms with Crippen molar-refractivity contribution in [1.82, 2.24) is 14.3 Å². The van der Waals surface area contributed by atoms with Crippen molar-refractivity contribution in [3.63, 3.8) is 0 Å². The Morgan fingerprint density at radius 1 is 0.885 bits per heavy atom. The zero-order valence-electron chi connectivity index (χ0n) is 14.2. The van der Waals surface area contributed by atoms with Gasteiger partial charge in [0.25, 0.3) is 0 Å². The third-order valence-corrected chi connectivity index (χ3v) is 5.27. The zero-order chi connectivity index (χ0) is 17.5. The lowest BCUT2D eigenvalue weighted by Crippen LogP contribution is -1.90. The van der Waals surface area contributed by atoms with E-state index in [1.807, 2.05) is 30.7 Å². The van der Waals surface area contributed by atoms with Crippen LogP contribution in [0.25, 0.3) is 44.1 Å². The summed E-state index contributed by atoms with van der Waals surface area (Å²) in [5.74, 6) is 0. The minimum absolute atomic E-state index is 1.02. The summed E-state index contributed by atoms with van der Waals surface area (Å²) in [5, 5.41) is 4.44. The smallest absolute Gasteiger partial charge is 0.0846 e. The van der Waals surface area contributed by atoms with Crippen LogP contribution in [0.5, 0.6) is 0 Å². The molecule has 0 unspecified atom stereocenters. The van der Waals surface area contributed by atoms with Crippen molar-refractivity contribution >= 4 is 33.3 Å². The molecule has 0 spiro atoms. The van der Waals surface area contributed by atoms with Crippen molar-refractivity contribution in [2.45, 2.75) is 6.92 Å². The highest BCUT2D eigenvalue weighted by atomic mass is 32.1. The number of aryl methyl sites for hydroxylation is 1. The summed E-state index contributed by atoms with van der Waals surface area (Å²) >= 11 is 1.49. The average Bonchev–Trinajstić information content (AvgIpc) is 3.16. The number of rotatable bonds is 2. The quantitative estimate of drug-likeness (QED) is 0.398. The van der Waals surface area contributed by atoms with E-state index in [-0.39, 0.29) is 0 Å². The van der Waals surface area contributed by atoms with Gasteiger partial charge in [0, 0.05) is 40.3 Å². The van der Waals surface area contributed by atoms with Gasteiger partial charge >= 0.3 is 0 Å². The fourth-order valence-electron chi connectivity index (χ4n) is 3.40. The third kappa shape index (κ3) is 2.47. The topological polar surface area (TPSA) is 38.7 Å². The van der Waals surface area contributed by atoms with E-state index in [1.54, 1.807) is 0 Å². The molecule has 4 heteroatoms. The van der Waals surface area contributed by atoms with E-state index in [4.69, 9.17) is 4.98 Å². The van der Waals surface area contributed by atoms with Crippen molar-refractivity contribution in [2.75, 3.05) is 0 Å². The van der Waals surface area contributed by atoms with Crippen molar-refractivity contribution in [3.05, 3.63) is 78.1 Å². The molecule has 0 saturated carbocycles. The summed E-state index contributed by atoms with van der Waals surface area (Å²) in [5.41, 5.74) is 7.84. The van der Waals surface area contributed by atoms with Crippen molar-refractivity contribution in [3.8, 4) is 22.3 Å². The Morgan fingerprint density at radius 3 is 2.65 bits per heavy atom. The van der Waals surface area contributed by atoms with Crippen molar-refractivity contribution in [2.24, 2.45) is 0 Å². The number of nitrogens with zero attached hydrogens (tertiary/aromatic N) is 3. The van der Waals surface area contributed by atoms with E-state index in [1.165, 1.54) is 28.0 Å². The molecule has 0 aliphatic carbocycles. The molecule has 0 atom stereocenters. The van der Waals surface area contributed by atoms with Gasteiger partial charge in [-0.2, -0.15) is 4.37 Å². The predicted octanol–water partition coefficient (Wildman–Crippen LogP) is 5.88. The number of hydrogen-bond acceptors (Lipinski definition) is 4. The number of hydrogen-bond donors (Lipinski definition) is 0. The summed E-state index contributed by atoms with van der Waals surface area (Å²) < 4.78 is 4.49. The van der Waals surface area contributed by atoms with Gasteiger partial charge in [-0.05, 0) is 77.1 Å². The molecule has 0 saturated heterocycles. The zero-order valence-corrected chi connectivity index (χ0v) is 15.0. The Balaban J connectivity index is 1.87. The van der Waals surface area contributed by atoms with Crippen LogP contribution >= 0.6 is 11.5 Å². The van der Waals surface area contributed by atoms with Gasteiger partial charge < -0.3 is 0 Å². The molecule has 0 aliphatic rings. The third-order valence-electron chi connectivity index (χ3n) is 4.63. The summed E-state index contributed by atoms with van der Waals surface area (Å²) in [6.45, 7) is 2.08. The predicted molar refractivity (Wildman–Crippen MR) is 108 cm³/mol. The van der Waals surface area contributed by atoms with Crippen LogP contribution in [0.1, 0.15) is 5.56 Å². The van der Waals surface area contributed by atoms with E-state index >= 15 is 0 Å². The van der Waals surface area contributed by atoms with Crippen LogP contribution < -0.4 is 0 Å². The van der Waals surface area contributed by atoms with Crippen LogP contribution in [0.4, 0.5) is 0 Å². The van der Waals surface area contributed by atoms with E-state index in [2.05, 4.69) is 58.1 Å². The highest BCUT2D eigenvalue weighted by molar-refractivity contribution is 7.04. The van der Waals surface area contributed by atoms with Gasteiger partial charge in [0.1, 0.15) is 0 Å². The fourth-order valence-corrected chi connectivity index (χ4v) is 4.08. The molecular weight excluding hydrogens is 338 g/mol. The molecule has 0 radical (unpaired) electrons. The van der Waals surface area contributed by atoms with Gasteiger partial charge in [-0.15, -0.1) is 0 Å². The van der Waals surface area contributed by atoms with Gasteiger partial charge in [-0.1, -0.05) is 12.1 Å². The summed E-state index contributed by atoms with van der Waals surface area (Å²) in [6.07, 6.45) is 5.60. The van der Waals surface area contributed by atoms with Crippen LogP contribution in [0.15, 0.2) is 72.5 Å². The normalized spacial score (nSPS) is 11.3. The molecule has 0 fully saturated rings. The molecule has 5 rings (SSSR count). The Labute approximate surface area is 155 Å². The van der Waals surface area contributed by atoms with Crippen molar-refractivity contribution < 1.29 is 0 Å². The second-order valence-electron chi connectivity index (χ2n) is 6.40. The molecule has 3 aromatic heterocycles. The van der Waals surface area contributed by atoms with Crippen LogP contribution in [0, 0.1) is 6.92 Å². The summed E-state index contributed by atoms with van der Waals surface area (Å²) in [6, 6.07) is 17.0. The summed E-state index contributed by atoms with van der Waals surface area (Å²) in [7, 11) is 0. The fraction of sp³-hybridized carbons (Fsp3) is 0.0455. The number of fused-ring (bicyclic) bond motifs is 2. The Kier molecular flexibility index (Phi) is 3.50. The van der Waals surface area contributed by atoms with E-state index in [0.29, 0.717) is 0 Å². The Morgan fingerprint density at radius 2 is 1.77 bits per heavy atom. The number of aromatic nitrogens is 3. The maximum absolute atomic E-state index is 4.75. The lowest BCUT2D eigenvalue weighted by Gasteiger charge is -2.12. The molecule has 124 valence electrons. The SMILES string of the molecule is Cc1cnc2c(-c3cccc4nscc34)cc(-c3ccncc3)cc2c1. The first-order valence-corrected chi connectivity index (χ1v) is 9.27. The highest BCUT2D eigenvalue weighted by Crippen LogP contribution is 2.37. The molecule has 0 amide bonds. The molecule has 0 N–H and O–H groups in total. The Bertz CT molecular complexity index is 1240.